The van der Waals surface area contributed by atoms with Crippen LogP contribution in [0.15, 0.2) is 91.0 Å². The number of nitrogens with zero attached hydrogens (tertiary/aromatic N) is 1. The monoisotopic (exact) mass is 341 g/mol. The number of rotatable bonds is 6. The molecule has 3 aromatic carbocycles. The predicted octanol–water partition coefficient (Wildman–Crippen LogP) is 4.94. The molecule has 3 rings (SSSR count). The summed E-state index contributed by atoms with van der Waals surface area (Å²) in [4.78, 5) is 10.1. The van der Waals surface area contributed by atoms with E-state index in [1.165, 1.54) is 5.06 Å². The maximum absolute atomic E-state index is 12.4. The van der Waals surface area contributed by atoms with Crippen molar-refractivity contribution in [2.75, 3.05) is 5.06 Å². The topological polar surface area (TPSA) is 59.0 Å². The molecule has 3 aromatic rings. The molecule has 0 bridgehead atoms. The second kappa shape index (κ2) is 7.32. The number of phosphoric acid groups is 1. The van der Waals surface area contributed by atoms with Crippen LogP contribution in [-0.4, -0.2) is 4.89 Å². The minimum Gasteiger partial charge on any atom is -0.403 e. The van der Waals surface area contributed by atoms with E-state index in [1.807, 2.05) is 36.4 Å². The van der Waals surface area contributed by atoms with E-state index in [9.17, 15) is 9.46 Å². The van der Waals surface area contributed by atoms with Crippen LogP contribution in [0.1, 0.15) is 0 Å². The average molecular weight is 341 g/mol. The maximum Gasteiger partial charge on any atom is 0.549 e. The summed E-state index contributed by atoms with van der Waals surface area (Å²) in [6.07, 6.45) is 0. The van der Waals surface area contributed by atoms with Crippen LogP contribution in [-0.2, 0) is 9.19 Å². The quantitative estimate of drug-likeness (QED) is 0.508. The van der Waals surface area contributed by atoms with Crippen molar-refractivity contribution in [2.24, 2.45) is 0 Å². The van der Waals surface area contributed by atoms with Gasteiger partial charge < -0.3 is 4.52 Å². The minimum absolute atomic E-state index is 0.254. The van der Waals surface area contributed by atoms with Crippen molar-refractivity contribution in [2.45, 2.75) is 0 Å². The normalized spacial score (nSPS) is 13.0. The SMILES string of the molecule is O=P(O)(Oc1ccccc1)ON(c1ccccc1)c1ccccc1. The van der Waals surface area contributed by atoms with Crippen LogP contribution in [0.25, 0.3) is 0 Å². The Bertz CT molecular complexity index is 773. The van der Waals surface area contributed by atoms with Crippen molar-refractivity contribution in [1.29, 1.82) is 0 Å². The van der Waals surface area contributed by atoms with Gasteiger partial charge in [-0.05, 0) is 36.4 Å². The Hall–Kier alpha value is -2.59. The lowest BCUT2D eigenvalue weighted by molar-refractivity contribution is 0.205. The van der Waals surface area contributed by atoms with E-state index in [-0.39, 0.29) is 5.75 Å². The van der Waals surface area contributed by atoms with Crippen molar-refractivity contribution < 1.29 is 18.6 Å². The molecule has 1 N–H and O–H groups in total. The van der Waals surface area contributed by atoms with E-state index >= 15 is 0 Å². The summed E-state index contributed by atoms with van der Waals surface area (Å²) in [5.74, 6) is 0.254. The van der Waals surface area contributed by atoms with E-state index in [0.717, 1.165) is 0 Å². The summed E-state index contributed by atoms with van der Waals surface area (Å²) in [5.41, 5.74) is 1.21. The molecule has 0 aliphatic heterocycles. The Morgan fingerprint density at radius 3 is 1.58 bits per heavy atom. The summed E-state index contributed by atoms with van der Waals surface area (Å²) in [7, 11) is -4.38. The lowest BCUT2D eigenvalue weighted by atomic mass is 10.2. The Balaban J connectivity index is 1.88. The van der Waals surface area contributed by atoms with Crippen LogP contribution >= 0.6 is 7.82 Å². The van der Waals surface area contributed by atoms with Gasteiger partial charge in [-0.1, -0.05) is 54.6 Å². The van der Waals surface area contributed by atoms with E-state index in [2.05, 4.69) is 0 Å². The lowest BCUT2D eigenvalue weighted by Crippen LogP contribution is -2.17. The molecule has 1 atom stereocenters. The lowest BCUT2D eigenvalue weighted by Gasteiger charge is -2.25. The molecule has 0 aliphatic rings. The molecular weight excluding hydrogens is 325 g/mol. The van der Waals surface area contributed by atoms with Crippen LogP contribution in [0.3, 0.4) is 0 Å². The number of hydrogen-bond donors (Lipinski definition) is 1. The van der Waals surface area contributed by atoms with Crippen molar-refractivity contribution in [3.05, 3.63) is 91.0 Å². The molecule has 1 unspecified atom stereocenters. The average Bonchev–Trinajstić information content (AvgIpc) is 2.62. The summed E-state index contributed by atoms with van der Waals surface area (Å²) in [6, 6.07) is 26.4. The molecule has 0 aromatic heterocycles. The van der Waals surface area contributed by atoms with Crippen LogP contribution in [0.2, 0.25) is 0 Å². The fourth-order valence-corrected chi connectivity index (χ4v) is 2.92. The summed E-state index contributed by atoms with van der Waals surface area (Å²) in [6.45, 7) is 0. The Labute approximate surface area is 140 Å². The van der Waals surface area contributed by atoms with Gasteiger partial charge in [-0.25, -0.2) is 9.63 Å². The van der Waals surface area contributed by atoms with Crippen LogP contribution < -0.4 is 9.59 Å². The summed E-state index contributed by atoms with van der Waals surface area (Å²) in [5, 5.41) is 1.28. The molecule has 0 saturated carbocycles. The second-order valence-corrected chi connectivity index (χ2v) is 6.20. The fraction of sp³-hybridized carbons (Fsp3) is 0. The molecule has 0 aliphatic carbocycles. The zero-order chi connectivity index (χ0) is 16.8. The van der Waals surface area contributed by atoms with Crippen LogP contribution in [0, 0.1) is 0 Å². The first-order chi connectivity index (χ1) is 11.6. The molecule has 6 heteroatoms. The third kappa shape index (κ3) is 4.24. The summed E-state index contributed by atoms with van der Waals surface area (Å²) < 4.78 is 22.9. The molecule has 24 heavy (non-hydrogen) atoms. The first-order valence-corrected chi connectivity index (χ1v) is 8.81. The van der Waals surface area contributed by atoms with Crippen molar-refractivity contribution in [3.8, 4) is 5.75 Å². The number of benzene rings is 3. The van der Waals surface area contributed by atoms with E-state index in [0.29, 0.717) is 11.4 Å². The second-order valence-electron chi connectivity index (χ2n) is 4.92. The zero-order valence-electron chi connectivity index (χ0n) is 12.7. The molecule has 0 saturated heterocycles. The number of anilines is 2. The molecule has 0 fully saturated rings. The molecule has 0 radical (unpaired) electrons. The first kappa shape index (κ1) is 16.3. The van der Waals surface area contributed by atoms with Crippen molar-refractivity contribution in [1.82, 2.24) is 0 Å². The molecule has 0 spiro atoms. The van der Waals surface area contributed by atoms with E-state index in [4.69, 9.17) is 9.15 Å². The van der Waals surface area contributed by atoms with Gasteiger partial charge >= 0.3 is 7.82 Å². The molecule has 0 heterocycles. The van der Waals surface area contributed by atoms with Gasteiger partial charge in [0, 0.05) is 0 Å². The van der Waals surface area contributed by atoms with Gasteiger partial charge in [0.15, 0.2) is 0 Å². The van der Waals surface area contributed by atoms with Gasteiger partial charge in [0.05, 0.1) is 11.4 Å². The van der Waals surface area contributed by atoms with E-state index in [1.54, 1.807) is 54.6 Å². The minimum atomic E-state index is -4.38. The largest absolute Gasteiger partial charge is 0.549 e. The number of phosphoric ester groups is 1. The highest BCUT2D eigenvalue weighted by atomic mass is 31.2. The molecule has 0 amide bonds. The Kier molecular flexibility index (Phi) is 4.96. The number of hydrogen-bond acceptors (Lipinski definition) is 4. The number of para-hydroxylation sites is 3. The van der Waals surface area contributed by atoms with Crippen LogP contribution in [0.5, 0.6) is 5.75 Å². The van der Waals surface area contributed by atoms with Gasteiger partial charge in [-0.15, -0.1) is 0 Å². The van der Waals surface area contributed by atoms with Gasteiger partial charge in [0.25, 0.3) is 0 Å². The molecule has 5 nitrogen and oxygen atoms in total. The first-order valence-electron chi connectivity index (χ1n) is 7.31. The van der Waals surface area contributed by atoms with Gasteiger partial charge in [-0.2, -0.15) is 4.62 Å². The van der Waals surface area contributed by atoms with E-state index < -0.39 is 7.82 Å². The maximum atomic E-state index is 12.4. The van der Waals surface area contributed by atoms with Crippen LogP contribution in [0.4, 0.5) is 11.4 Å². The smallest absolute Gasteiger partial charge is 0.403 e. The predicted molar refractivity (Wildman–Crippen MR) is 93.0 cm³/mol. The Morgan fingerprint density at radius 1 is 0.708 bits per heavy atom. The fourth-order valence-electron chi connectivity index (χ4n) is 2.10. The third-order valence-corrected chi connectivity index (χ3v) is 3.94. The highest BCUT2D eigenvalue weighted by molar-refractivity contribution is 7.47. The highest BCUT2D eigenvalue weighted by Crippen LogP contribution is 2.47. The molecular formula is C18H16NO4P. The van der Waals surface area contributed by atoms with Crippen molar-refractivity contribution >= 4 is 19.2 Å². The zero-order valence-corrected chi connectivity index (χ0v) is 13.6. The molecule has 122 valence electrons. The van der Waals surface area contributed by atoms with Gasteiger partial charge in [0.2, 0.25) is 0 Å². The summed E-state index contributed by atoms with van der Waals surface area (Å²) >= 11 is 0. The standard InChI is InChI=1S/C18H16NO4P/c20-24(21,22-18-14-8-3-9-15-18)23-19(16-10-4-1-5-11-16)17-12-6-2-7-13-17/h1-15H,(H,20,21). The highest BCUT2D eigenvalue weighted by Gasteiger charge is 2.29. The van der Waals surface area contributed by atoms with Crippen molar-refractivity contribution in [3.63, 3.8) is 0 Å². The third-order valence-electron chi connectivity index (χ3n) is 3.13. The van der Waals surface area contributed by atoms with Gasteiger partial charge in [-0.3, -0.25) is 4.89 Å². The Morgan fingerprint density at radius 2 is 1.12 bits per heavy atom. The van der Waals surface area contributed by atoms with Gasteiger partial charge in [0.1, 0.15) is 5.75 Å².